The normalized spacial score (nSPS) is 18.5. The molecule has 30 heavy (non-hydrogen) atoms. The second-order valence-corrected chi connectivity index (χ2v) is 8.43. The van der Waals surface area contributed by atoms with Gasteiger partial charge in [-0.05, 0) is 43.2 Å². The molecule has 152 valence electrons. The minimum atomic E-state index is -0.425. The molecule has 2 atom stereocenters. The van der Waals surface area contributed by atoms with Crippen molar-refractivity contribution in [1.29, 1.82) is 5.26 Å². The van der Waals surface area contributed by atoms with Crippen LogP contribution in [0.1, 0.15) is 42.2 Å². The van der Waals surface area contributed by atoms with Crippen LogP contribution >= 0.6 is 11.3 Å². The highest BCUT2D eigenvalue weighted by Gasteiger charge is 2.35. The van der Waals surface area contributed by atoms with E-state index < -0.39 is 5.91 Å². The van der Waals surface area contributed by atoms with Gasteiger partial charge in [0.25, 0.3) is 5.91 Å². The fourth-order valence-corrected chi connectivity index (χ4v) is 5.03. The lowest BCUT2D eigenvalue weighted by atomic mass is 9.79. The van der Waals surface area contributed by atoms with Crippen LogP contribution in [-0.2, 0) is 14.3 Å². The lowest BCUT2D eigenvalue weighted by Crippen LogP contribution is -2.30. The van der Waals surface area contributed by atoms with Gasteiger partial charge in [0, 0.05) is 11.6 Å². The number of carbonyl (C=O) groups is 2. The Bertz CT molecular complexity index is 1090. The summed E-state index contributed by atoms with van der Waals surface area (Å²) in [6.07, 6.45) is 3.66. The van der Waals surface area contributed by atoms with Gasteiger partial charge in [-0.3, -0.25) is 9.59 Å². The number of hydrogen-bond acceptors (Lipinski definition) is 6. The maximum atomic E-state index is 12.8. The highest BCUT2D eigenvalue weighted by molar-refractivity contribution is 7.18. The van der Waals surface area contributed by atoms with Gasteiger partial charge in [-0.1, -0.05) is 31.0 Å². The van der Waals surface area contributed by atoms with E-state index in [-0.39, 0.29) is 24.4 Å². The molecule has 1 N–H and O–H groups in total. The number of carbonyl (C=O) groups excluding carboxylic acids is 2. The standard InChI is InChI=1S/C23H21N3O3S/c24-13-15-6-5-7-16(12-15)25-21(27)14-29-23(28)18-9-2-1-8-17(18)22-26-19-10-3-4-11-20(19)30-22/h3-7,10-12,17-18H,1-2,8-9,14H2,(H,25,27)/t17-,18+/m1/s1. The molecular formula is C23H21N3O3S. The Hall–Kier alpha value is -3.24. The molecule has 1 saturated carbocycles. The largest absolute Gasteiger partial charge is 0.455 e. The molecule has 4 rings (SSSR count). The molecule has 0 unspecified atom stereocenters. The Kier molecular flexibility index (Phi) is 6.05. The predicted octanol–water partition coefficient (Wildman–Crippen LogP) is 4.62. The third-order valence-corrected chi connectivity index (χ3v) is 6.49. The van der Waals surface area contributed by atoms with E-state index in [2.05, 4.69) is 5.32 Å². The zero-order chi connectivity index (χ0) is 20.9. The van der Waals surface area contributed by atoms with Crippen LogP contribution in [-0.4, -0.2) is 23.5 Å². The number of thiazole rings is 1. The third-order valence-electron chi connectivity index (χ3n) is 5.32. The number of ether oxygens (including phenoxy) is 1. The van der Waals surface area contributed by atoms with E-state index in [1.807, 2.05) is 30.3 Å². The van der Waals surface area contributed by atoms with Gasteiger partial charge in [-0.2, -0.15) is 5.26 Å². The van der Waals surface area contributed by atoms with E-state index in [0.717, 1.165) is 40.9 Å². The Balaban J connectivity index is 1.39. The molecule has 0 radical (unpaired) electrons. The molecule has 1 heterocycles. The predicted molar refractivity (Wildman–Crippen MR) is 115 cm³/mol. The number of anilines is 1. The fourth-order valence-electron chi connectivity index (χ4n) is 3.86. The number of para-hydroxylation sites is 1. The second kappa shape index (κ2) is 9.06. The first-order valence-electron chi connectivity index (χ1n) is 9.96. The van der Waals surface area contributed by atoms with Crippen LogP contribution in [0.3, 0.4) is 0 Å². The van der Waals surface area contributed by atoms with Gasteiger partial charge in [0.15, 0.2) is 6.61 Å². The number of esters is 1. The molecule has 1 aromatic heterocycles. The molecular weight excluding hydrogens is 398 g/mol. The zero-order valence-electron chi connectivity index (χ0n) is 16.3. The van der Waals surface area contributed by atoms with E-state index in [1.165, 1.54) is 0 Å². The van der Waals surface area contributed by atoms with E-state index in [9.17, 15) is 9.59 Å². The number of fused-ring (bicyclic) bond motifs is 1. The third kappa shape index (κ3) is 4.50. The number of rotatable bonds is 5. The number of hydrogen-bond donors (Lipinski definition) is 1. The number of nitrogens with zero attached hydrogens (tertiary/aromatic N) is 2. The van der Waals surface area contributed by atoms with Crippen molar-refractivity contribution in [3.8, 4) is 6.07 Å². The van der Waals surface area contributed by atoms with Gasteiger partial charge in [0.05, 0.1) is 32.8 Å². The van der Waals surface area contributed by atoms with Crippen molar-refractivity contribution in [1.82, 2.24) is 4.98 Å². The molecule has 0 saturated heterocycles. The quantitative estimate of drug-likeness (QED) is 0.609. The Morgan fingerprint density at radius 1 is 1.17 bits per heavy atom. The van der Waals surface area contributed by atoms with Crippen LogP contribution in [0.15, 0.2) is 48.5 Å². The summed E-state index contributed by atoms with van der Waals surface area (Å²) in [5, 5.41) is 12.6. The maximum Gasteiger partial charge on any atom is 0.310 e. The van der Waals surface area contributed by atoms with E-state index in [0.29, 0.717) is 11.3 Å². The summed E-state index contributed by atoms with van der Waals surface area (Å²) in [6, 6.07) is 16.6. The van der Waals surface area contributed by atoms with Gasteiger partial charge >= 0.3 is 5.97 Å². The Morgan fingerprint density at radius 3 is 2.83 bits per heavy atom. The smallest absolute Gasteiger partial charge is 0.310 e. The minimum Gasteiger partial charge on any atom is -0.455 e. The molecule has 1 aliphatic rings. The van der Waals surface area contributed by atoms with Gasteiger partial charge in [-0.25, -0.2) is 4.98 Å². The summed E-state index contributed by atoms with van der Waals surface area (Å²) in [5.74, 6) is -1.03. The monoisotopic (exact) mass is 419 g/mol. The zero-order valence-corrected chi connectivity index (χ0v) is 17.2. The molecule has 0 aliphatic heterocycles. The lowest BCUT2D eigenvalue weighted by molar-refractivity contribution is -0.153. The van der Waals surface area contributed by atoms with E-state index >= 15 is 0 Å². The fraction of sp³-hybridized carbons (Fsp3) is 0.304. The molecule has 0 bridgehead atoms. The summed E-state index contributed by atoms with van der Waals surface area (Å²) in [6.45, 7) is -0.349. The van der Waals surface area contributed by atoms with Crippen molar-refractivity contribution in [2.45, 2.75) is 31.6 Å². The molecule has 1 aliphatic carbocycles. The summed E-state index contributed by atoms with van der Waals surface area (Å²) < 4.78 is 6.47. The molecule has 1 amide bonds. The van der Waals surface area contributed by atoms with Gasteiger partial charge < -0.3 is 10.1 Å². The van der Waals surface area contributed by atoms with E-state index in [4.69, 9.17) is 15.0 Å². The van der Waals surface area contributed by atoms with Crippen LogP contribution in [0.4, 0.5) is 5.69 Å². The number of nitriles is 1. The van der Waals surface area contributed by atoms with Crippen molar-refractivity contribution < 1.29 is 14.3 Å². The van der Waals surface area contributed by atoms with Crippen molar-refractivity contribution in [2.75, 3.05) is 11.9 Å². The number of benzene rings is 2. The van der Waals surface area contributed by atoms with E-state index in [1.54, 1.807) is 35.6 Å². The van der Waals surface area contributed by atoms with Crippen molar-refractivity contribution in [3.05, 3.63) is 59.1 Å². The summed E-state index contributed by atoms with van der Waals surface area (Å²) in [4.78, 5) is 29.7. The molecule has 3 aromatic rings. The van der Waals surface area contributed by atoms with Crippen molar-refractivity contribution >= 4 is 39.1 Å². The van der Waals surface area contributed by atoms with Crippen LogP contribution in [0.5, 0.6) is 0 Å². The minimum absolute atomic E-state index is 0.0269. The van der Waals surface area contributed by atoms with Crippen LogP contribution < -0.4 is 5.32 Å². The van der Waals surface area contributed by atoms with Crippen LogP contribution in [0.25, 0.3) is 10.2 Å². The highest BCUT2D eigenvalue weighted by atomic mass is 32.1. The lowest BCUT2D eigenvalue weighted by Gasteiger charge is -2.28. The molecule has 0 spiro atoms. The average Bonchev–Trinajstić information content (AvgIpc) is 3.22. The summed E-state index contributed by atoms with van der Waals surface area (Å²) in [5.41, 5.74) is 1.90. The van der Waals surface area contributed by atoms with Crippen molar-refractivity contribution in [3.63, 3.8) is 0 Å². The number of nitrogens with one attached hydrogen (secondary N) is 1. The Morgan fingerprint density at radius 2 is 2.00 bits per heavy atom. The van der Waals surface area contributed by atoms with Crippen molar-refractivity contribution in [2.24, 2.45) is 5.92 Å². The first-order valence-corrected chi connectivity index (χ1v) is 10.8. The van der Waals surface area contributed by atoms with Gasteiger partial charge in [0.1, 0.15) is 0 Å². The molecule has 6 nitrogen and oxygen atoms in total. The van der Waals surface area contributed by atoms with Gasteiger partial charge in [-0.15, -0.1) is 11.3 Å². The second-order valence-electron chi connectivity index (χ2n) is 7.37. The maximum absolute atomic E-state index is 12.8. The van der Waals surface area contributed by atoms with Crippen LogP contribution in [0.2, 0.25) is 0 Å². The average molecular weight is 420 g/mol. The Labute approximate surface area is 178 Å². The highest BCUT2D eigenvalue weighted by Crippen LogP contribution is 2.41. The summed E-state index contributed by atoms with van der Waals surface area (Å²) >= 11 is 1.63. The SMILES string of the molecule is N#Cc1cccc(NC(=O)COC(=O)[C@H]2CCCC[C@H]2c2nc3ccccc3s2)c1. The first kappa shape index (κ1) is 20.0. The summed E-state index contributed by atoms with van der Waals surface area (Å²) in [7, 11) is 0. The van der Waals surface area contributed by atoms with Crippen LogP contribution in [0, 0.1) is 17.2 Å². The topological polar surface area (TPSA) is 92.1 Å². The first-order chi connectivity index (χ1) is 14.6. The number of amides is 1. The molecule has 7 heteroatoms. The molecule has 1 fully saturated rings. The van der Waals surface area contributed by atoms with Gasteiger partial charge in [0.2, 0.25) is 0 Å². The number of aromatic nitrogens is 1. The molecule has 2 aromatic carbocycles.